The highest BCUT2D eigenvalue weighted by molar-refractivity contribution is 9.10. The van der Waals surface area contributed by atoms with Gasteiger partial charge in [0.15, 0.2) is 0 Å². The molecule has 2 rings (SSSR count). The van der Waals surface area contributed by atoms with Crippen molar-refractivity contribution in [3.05, 3.63) is 28.7 Å². The van der Waals surface area contributed by atoms with Crippen LogP contribution in [0.15, 0.2) is 28.7 Å². The molecule has 2 unspecified atom stereocenters. The smallest absolute Gasteiger partial charge is 0.0511 e. The Balaban J connectivity index is 2.20. The van der Waals surface area contributed by atoms with Crippen LogP contribution < -0.4 is 10.6 Å². The van der Waals surface area contributed by atoms with Gasteiger partial charge in [0, 0.05) is 36.2 Å². The van der Waals surface area contributed by atoms with E-state index in [4.69, 9.17) is 5.73 Å². The third-order valence-corrected chi connectivity index (χ3v) is 4.32. The molecule has 1 aliphatic heterocycles. The fourth-order valence-corrected chi connectivity index (χ4v) is 2.95. The molecule has 0 bridgehead atoms. The van der Waals surface area contributed by atoms with Gasteiger partial charge in [-0.25, -0.2) is 0 Å². The minimum Gasteiger partial charge on any atom is -0.367 e. The van der Waals surface area contributed by atoms with Crippen LogP contribution in [0.1, 0.15) is 6.92 Å². The zero-order valence-corrected chi connectivity index (χ0v) is 12.0. The lowest BCUT2D eigenvalue weighted by Gasteiger charge is -2.44. The Hall–Kier alpha value is -0.580. The normalized spacial score (nSPS) is 26.2. The number of hydrogen-bond donors (Lipinski definition) is 1. The third-order valence-electron chi connectivity index (χ3n) is 3.65. The first kappa shape index (κ1) is 12.9. The van der Waals surface area contributed by atoms with Gasteiger partial charge in [0.1, 0.15) is 0 Å². The first-order valence-electron chi connectivity index (χ1n) is 6.05. The lowest BCUT2D eigenvalue weighted by molar-refractivity contribution is 0.162. The molecule has 4 heteroatoms. The Kier molecular flexibility index (Phi) is 4.07. The van der Waals surface area contributed by atoms with Gasteiger partial charge < -0.3 is 10.6 Å². The summed E-state index contributed by atoms with van der Waals surface area (Å²) in [5, 5.41) is 0. The van der Waals surface area contributed by atoms with Crippen LogP contribution >= 0.6 is 15.9 Å². The predicted octanol–water partition coefficient (Wildman–Crippen LogP) is 1.92. The van der Waals surface area contributed by atoms with Crippen LogP contribution in [0.25, 0.3) is 0 Å². The molecule has 0 saturated carbocycles. The fraction of sp³-hybridized carbons (Fsp3) is 0.538. The van der Waals surface area contributed by atoms with Crippen molar-refractivity contribution in [1.82, 2.24) is 4.90 Å². The molecule has 0 aliphatic carbocycles. The van der Waals surface area contributed by atoms with Gasteiger partial charge in [0.25, 0.3) is 0 Å². The van der Waals surface area contributed by atoms with Gasteiger partial charge in [-0.3, -0.25) is 4.90 Å². The molecule has 0 amide bonds. The highest BCUT2D eigenvalue weighted by atomic mass is 79.9. The van der Waals surface area contributed by atoms with Crippen molar-refractivity contribution < 1.29 is 0 Å². The summed E-state index contributed by atoms with van der Waals surface area (Å²) in [7, 11) is 2.17. The number of benzene rings is 1. The number of nitrogens with two attached hydrogens (primary N) is 1. The zero-order valence-electron chi connectivity index (χ0n) is 10.4. The van der Waals surface area contributed by atoms with E-state index in [0.717, 1.165) is 17.6 Å². The topological polar surface area (TPSA) is 32.5 Å². The molecule has 3 nitrogen and oxygen atoms in total. The standard InChI is InChI=1S/C13H20BrN3/c1-10-8-17(9-11(7-15)16(10)2)13-6-4-3-5-12(13)14/h3-6,10-11H,7-9,15H2,1-2H3. The summed E-state index contributed by atoms with van der Waals surface area (Å²) in [6.07, 6.45) is 0. The van der Waals surface area contributed by atoms with Crippen LogP contribution in [0.4, 0.5) is 5.69 Å². The molecule has 2 atom stereocenters. The van der Waals surface area contributed by atoms with Gasteiger partial charge in [-0.2, -0.15) is 0 Å². The number of halogens is 1. The van der Waals surface area contributed by atoms with Gasteiger partial charge in [0.05, 0.1) is 5.69 Å². The molecule has 1 aromatic rings. The van der Waals surface area contributed by atoms with Gasteiger partial charge in [0.2, 0.25) is 0 Å². The average Bonchev–Trinajstić information content (AvgIpc) is 2.33. The molecule has 17 heavy (non-hydrogen) atoms. The number of nitrogens with zero attached hydrogens (tertiary/aromatic N) is 2. The lowest BCUT2D eigenvalue weighted by atomic mass is 10.1. The molecule has 1 aliphatic rings. The maximum Gasteiger partial charge on any atom is 0.0511 e. The van der Waals surface area contributed by atoms with Crippen LogP contribution in [-0.4, -0.2) is 43.7 Å². The van der Waals surface area contributed by atoms with Crippen LogP contribution in [0.3, 0.4) is 0 Å². The van der Waals surface area contributed by atoms with Crippen molar-refractivity contribution in [3.63, 3.8) is 0 Å². The van der Waals surface area contributed by atoms with Crippen molar-refractivity contribution in [2.45, 2.75) is 19.0 Å². The zero-order chi connectivity index (χ0) is 12.4. The molecule has 1 heterocycles. The second-order valence-electron chi connectivity index (χ2n) is 4.76. The molecule has 0 radical (unpaired) electrons. The molecular formula is C13H20BrN3. The van der Waals surface area contributed by atoms with Crippen LogP contribution in [0, 0.1) is 0 Å². The summed E-state index contributed by atoms with van der Waals surface area (Å²) < 4.78 is 1.16. The van der Waals surface area contributed by atoms with E-state index in [-0.39, 0.29) is 0 Å². The number of likely N-dealkylation sites (N-methyl/N-ethyl adjacent to an activating group) is 1. The average molecular weight is 298 g/mol. The summed E-state index contributed by atoms with van der Waals surface area (Å²) in [6.45, 7) is 5.02. The van der Waals surface area contributed by atoms with Crippen molar-refractivity contribution in [3.8, 4) is 0 Å². The van der Waals surface area contributed by atoms with Crippen LogP contribution in [-0.2, 0) is 0 Å². The second-order valence-corrected chi connectivity index (χ2v) is 5.61. The van der Waals surface area contributed by atoms with Gasteiger partial charge in [-0.05, 0) is 42.0 Å². The van der Waals surface area contributed by atoms with E-state index in [2.05, 4.69) is 57.9 Å². The van der Waals surface area contributed by atoms with E-state index in [9.17, 15) is 0 Å². The lowest BCUT2D eigenvalue weighted by Crippen LogP contribution is -2.58. The highest BCUT2D eigenvalue weighted by Gasteiger charge is 2.29. The van der Waals surface area contributed by atoms with Crippen LogP contribution in [0.5, 0.6) is 0 Å². The monoisotopic (exact) mass is 297 g/mol. The summed E-state index contributed by atoms with van der Waals surface area (Å²) in [6, 6.07) is 9.36. The van der Waals surface area contributed by atoms with Gasteiger partial charge in [-0.15, -0.1) is 0 Å². The summed E-state index contributed by atoms with van der Waals surface area (Å²) in [5.74, 6) is 0. The molecule has 1 aromatic carbocycles. The maximum absolute atomic E-state index is 5.85. The minimum absolute atomic E-state index is 0.436. The summed E-state index contributed by atoms with van der Waals surface area (Å²) in [5.41, 5.74) is 7.12. The van der Waals surface area contributed by atoms with E-state index >= 15 is 0 Å². The quantitative estimate of drug-likeness (QED) is 0.905. The Bertz CT molecular complexity index is 383. The summed E-state index contributed by atoms with van der Waals surface area (Å²) in [4.78, 5) is 4.81. The maximum atomic E-state index is 5.85. The van der Waals surface area contributed by atoms with Crippen molar-refractivity contribution in [1.29, 1.82) is 0 Å². The van der Waals surface area contributed by atoms with Gasteiger partial charge in [-0.1, -0.05) is 12.1 Å². The first-order valence-corrected chi connectivity index (χ1v) is 6.84. The second kappa shape index (κ2) is 5.38. The predicted molar refractivity (Wildman–Crippen MR) is 76.4 cm³/mol. The van der Waals surface area contributed by atoms with Gasteiger partial charge >= 0.3 is 0 Å². The van der Waals surface area contributed by atoms with E-state index < -0.39 is 0 Å². The first-order chi connectivity index (χ1) is 8.13. The Morgan fingerprint density at radius 1 is 1.35 bits per heavy atom. The molecule has 94 valence electrons. The minimum atomic E-state index is 0.436. The Morgan fingerprint density at radius 2 is 2.06 bits per heavy atom. The number of para-hydroxylation sites is 1. The van der Waals surface area contributed by atoms with Crippen molar-refractivity contribution in [2.75, 3.05) is 31.6 Å². The largest absolute Gasteiger partial charge is 0.367 e. The molecular weight excluding hydrogens is 278 g/mol. The fourth-order valence-electron chi connectivity index (χ4n) is 2.41. The Labute approximate surface area is 112 Å². The number of anilines is 1. The molecule has 2 N–H and O–H groups in total. The molecule has 1 saturated heterocycles. The molecule has 0 spiro atoms. The van der Waals surface area contributed by atoms with E-state index in [0.29, 0.717) is 18.6 Å². The van der Waals surface area contributed by atoms with E-state index in [1.165, 1.54) is 5.69 Å². The van der Waals surface area contributed by atoms with Crippen molar-refractivity contribution in [2.24, 2.45) is 5.73 Å². The number of piperazine rings is 1. The van der Waals surface area contributed by atoms with Crippen molar-refractivity contribution >= 4 is 21.6 Å². The SMILES string of the molecule is CC1CN(c2ccccc2Br)CC(CN)N1C. The van der Waals surface area contributed by atoms with E-state index in [1.807, 2.05) is 6.07 Å². The summed E-state index contributed by atoms with van der Waals surface area (Å²) >= 11 is 3.62. The number of hydrogen-bond acceptors (Lipinski definition) is 3. The molecule has 1 fully saturated rings. The Morgan fingerprint density at radius 3 is 2.71 bits per heavy atom. The third kappa shape index (κ3) is 2.64. The molecule has 0 aromatic heterocycles. The van der Waals surface area contributed by atoms with Crippen LogP contribution in [0.2, 0.25) is 0 Å². The highest BCUT2D eigenvalue weighted by Crippen LogP contribution is 2.28. The number of rotatable bonds is 2. The van der Waals surface area contributed by atoms with E-state index in [1.54, 1.807) is 0 Å².